The molecule has 1 aliphatic heterocycles. The van der Waals surface area contributed by atoms with Crippen molar-refractivity contribution in [2.45, 2.75) is 18.3 Å². The van der Waals surface area contributed by atoms with Gasteiger partial charge in [-0.25, -0.2) is 14.9 Å². The summed E-state index contributed by atoms with van der Waals surface area (Å²) in [4.78, 5) is 27.8. The van der Waals surface area contributed by atoms with Crippen molar-refractivity contribution >= 4 is 35.7 Å². The summed E-state index contributed by atoms with van der Waals surface area (Å²) >= 11 is 5.80. The largest absolute Gasteiger partial charge is 0.493 e. The van der Waals surface area contributed by atoms with Gasteiger partial charge in [0.1, 0.15) is 12.7 Å². The Labute approximate surface area is 177 Å². The van der Waals surface area contributed by atoms with E-state index in [1.165, 1.54) is 20.4 Å². The summed E-state index contributed by atoms with van der Waals surface area (Å²) in [6, 6.07) is 3.56. The highest BCUT2D eigenvalue weighted by atomic mass is 35.5. The van der Waals surface area contributed by atoms with Gasteiger partial charge >= 0.3 is 5.97 Å². The zero-order valence-corrected chi connectivity index (χ0v) is 17.1. The van der Waals surface area contributed by atoms with Gasteiger partial charge in [-0.1, -0.05) is 0 Å². The molecule has 30 heavy (non-hydrogen) atoms. The number of rotatable bonds is 9. The van der Waals surface area contributed by atoms with Crippen LogP contribution in [0.15, 0.2) is 28.3 Å². The Bertz CT molecular complexity index is 865. The second kappa shape index (κ2) is 9.61. The third-order valence-corrected chi connectivity index (χ3v) is 4.65. The average Bonchev–Trinajstić information content (AvgIpc) is 2.71. The molecule has 2 unspecified atom stereocenters. The van der Waals surface area contributed by atoms with Crippen molar-refractivity contribution in [1.82, 2.24) is 9.91 Å². The lowest BCUT2D eigenvalue weighted by molar-refractivity contribution is -0.168. The Morgan fingerprint density at radius 2 is 2.07 bits per heavy atom. The lowest BCUT2D eigenvalue weighted by atomic mass is 10.1. The molecule has 12 nitrogen and oxygen atoms in total. The first-order valence-corrected chi connectivity index (χ1v) is 9.13. The van der Waals surface area contributed by atoms with E-state index >= 15 is 0 Å². The number of carboxylic acids is 1. The van der Waals surface area contributed by atoms with Crippen LogP contribution >= 0.6 is 11.6 Å². The van der Waals surface area contributed by atoms with Gasteiger partial charge in [0, 0.05) is 0 Å². The lowest BCUT2D eigenvalue weighted by Gasteiger charge is -2.43. The number of carbonyl (C=O) groups excluding carboxylic acids is 1. The van der Waals surface area contributed by atoms with Crippen LogP contribution in [0.2, 0.25) is 0 Å². The van der Waals surface area contributed by atoms with E-state index in [4.69, 9.17) is 32.5 Å². The molecule has 0 radical (unpaired) electrons. The molecule has 0 saturated heterocycles. The molecule has 0 spiro atoms. The SMILES string of the molecule is COc1ccc(/C=N/N2CN(C(CC(N)=O)C(=O)O)C(O)(CCl)N=C2N)cc1OC. The quantitative estimate of drug-likeness (QED) is 0.280. The Hall–Kier alpha value is -3.09. The number of carboxylic acid groups (broad SMARTS) is 1. The molecule has 1 heterocycles. The summed E-state index contributed by atoms with van der Waals surface area (Å²) in [5, 5.41) is 25.5. The number of methoxy groups -OCH3 is 2. The van der Waals surface area contributed by atoms with Crippen molar-refractivity contribution < 1.29 is 29.3 Å². The molecule has 0 aliphatic carbocycles. The smallest absolute Gasteiger partial charge is 0.321 e. The normalized spacial score (nSPS) is 20.7. The van der Waals surface area contributed by atoms with E-state index in [2.05, 4.69) is 10.1 Å². The predicted octanol–water partition coefficient (Wildman–Crippen LogP) is -0.859. The molecule has 0 aromatic heterocycles. The number of aliphatic hydroxyl groups is 1. The van der Waals surface area contributed by atoms with Crippen LogP contribution < -0.4 is 20.9 Å². The molecule has 1 aromatic rings. The first-order valence-electron chi connectivity index (χ1n) is 8.60. The van der Waals surface area contributed by atoms with Gasteiger partial charge in [-0.3, -0.25) is 9.59 Å². The van der Waals surface area contributed by atoms with Gasteiger partial charge < -0.3 is 31.2 Å². The minimum Gasteiger partial charge on any atom is -0.493 e. The zero-order chi connectivity index (χ0) is 22.5. The number of nitrogens with zero attached hydrogens (tertiary/aromatic N) is 4. The maximum Gasteiger partial charge on any atom is 0.321 e. The third-order valence-electron chi connectivity index (χ3n) is 4.29. The Balaban J connectivity index is 2.35. The second-order valence-electron chi connectivity index (χ2n) is 6.27. The number of guanidine groups is 1. The van der Waals surface area contributed by atoms with Gasteiger partial charge in [-0.05, 0) is 23.8 Å². The summed E-state index contributed by atoms with van der Waals surface area (Å²) < 4.78 is 10.4. The van der Waals surface area contributed by atoms with E-state index in [1.807, 2.05) is 0 Å². The fraction of sp³-hybridized carbons (Fsp3) is 0.412. The molecule has 1 aliphatic rings. The molecule has 2 rings (SSSR count). The summed E-state index contributed by atoms with van der Waals surface area (Å²) in [6.45, 7) is -0.313. The molecule has 2 atom stereocenters. The number of nitrogens with two attached hydrogens (primary N) is 2. The van der Waals surface area contributed by atoms with Crippen LogP contribution in [0.4, 0.5) is 0 Å². The molecule has 1 amide bonds. The third kappa shape index (κ3) is 5.09. The highest BCUT2D eigenvalue weighted by molar-refractivity contribution is 6.18. The molecule has 1 aromatic carbocycles. The van der Waals surface area contributed by atoms with E-state index in [1.54, 1.807) is 18.2 Å². The maximum atomic E-state index is 11.7. The number of primary amides is 1. The molecule has 0 bridgehead atoms. The van der Waals surface area contributed by atoms with E-state index < -0.39 is 36.1 Å². The summed E-state index contributed by atoms with van der Waals surface area (Å²) in [5.74, 6) is -4.10. The van der Waals surface area contributed by atoms with Crippen LogP contribution in [0, 0.1) is 0 Å². The molecule has 0 saturated carbocycles. The first-order chi connectivity index (χ1) is 14.1. The van der Waals surface area contributed by atoms with E-state index in [0.29, 0.717) is 17.1 Å². The Kier molecular flexibility index (Phi) is 7.43. The maximum absolute atomic E-state index is 11.7. The number of benzene rings is 1. The predicted molar refractivity (Wildman–Crippen MR) is 108 cm³/mol. The standard InChI is InChI=1S/C17H23ClN6O6/c1-29-12-4-3-10(5-13(12)30-2)7-21-24-9-23(11(15(26)27)6-14(19)25)17(28,8-18)22-16(24)20/h3-5,7,11,28H,6,8-9H2,1-2H3,(H2,19,25)(H2,20,22)(H,26,27)/b21-7+. The van der Waals surface area contributed by atoms with Crippen LogP contribution in [-0.2, 0) is 9.59 Å². The fourth-order valence-electron chi connectivity index (χ4n) is 2.78. The van der Waals surface area contributed by atoms with Crippen molar-refractivity contribution in [1.29, 1.82) is 0 Å². The van der Waals surface area contributed by atoms with E-state index in [0.717, 1.165) is 9.91 Å². The molecular weight excluding hydrogens is 420 g/mol. The lowest BCUT2D eigenvalue weighted by Crippen LogP contribution is -2.65. The topological polar surface area (TPSA) is 176 Å². The Morgan fingerprint density at radius 1 is 1.40 bits per heavy atom. The van der Waals surface area contributed by atoms with Crippen LogP contribution in [0.5, 0.6) is 11.5 Å². The van der Waals surface area contributed by atoms with Gasteiger partial charge in [0.2, 0.25) is 17.7 Å². The van der Waals surface area contributed by atoms with Crippen molar-refractivity contribution in [2.24, 2.45) is 21.6 Å². The minimum atomic E-state index is -2.15. The van der Waals surface area contributed by atoms with Gasteiger partial charge in [0.15, 0.2) is 11.5 Å². The first kappa shape index (κ1) is 23.2. The summed E-state index contributed by atoms with van der Waals surface area (Å²) in [5.41, 5.74) is 11.6. The van der Waals surface area contributed by atoms with Crippen molar-refractivity contribution in [3.63, 3.8) is 0 Å². The molecule has 164 valence electrons. The summed E-state index contributed by atoms with van der Waals surface area (Å²) in [7, 11) is 3.00. The van der Waals surface area contributed by atoms with Crippen LogP contribution in [0.3, 0.4) is 0 Å². The van der Waals surface area contributed by atoms with Crippen LogP contribution in [0.25, 0.3) is 0 Å². The minimum absolute atomic E-state index is 0.200. The summed E-state index contributed by atoms with van der Waals surface area (Å²) in [6.07, 6.45) is 0.856. The highest BCUT2D eigenvalue weighted by Gasteiger charge is 2.46. The molecule has 0 fully saturated rings. The van der Waals surface area contributed by atoms with E-state index in [9.17, 15) is 19.8 Å². The van der Waals surface area contributed by atoms with Gasteiger partial charge in [-0.2, -0.15) is 5.10 Å². The van der Waals surface area contributed by atoms with Crippen LogP contribution in [0.1, 0.15) is 12.0 Å². The fourth-order valence-corrected chi connectivity index (χ4v) is 2.99. The number of hydrazone groups is 1. The number of amides is 1. The molecular formula is C17H23ClN6O6. The van der Waals surface area contributed by atoms with E-state index in [-0.39, 0.29) is 12.6 Å². The zero-order valence-electron chi connectivity index (χ0n) is 16.4. The van der Waals surface area contributed by atoms with Gasteiger partial charge in [-0.15, -0.1) is 11.6 Å². The average molecular weight is 443 g/mol. The molecule has 6 N–H and O–H groups in total. The number of hydrogen-bond donors (Lipinski definition) is 4. The van der Waals surface area contributed by atoms with Gasteiger partial charge in [0.05, 0.1) is 32.7 Å². The number of halogens is 1. The number of hydrogen-bond acceptors (Lipinski definition) is 10. The highest BCUT2D eigenvalue weighted by Crippen LogP contribution is 2.28. The number of aliphatic imine (C=N–C) groups is 1. The number of carbonyl (C=O) groups is 2. The van der Waals surface area contributed by atoms with Crippen LogP contribution in [-0.4, -0.2) is 82.8 Å². The number of alkyl halides is 1. The molecule has 13 heteroatoms. The van der Waals surface area contributed by atoms with Crippen molar-refractivity contribution in [3.05, 3.63) is 23.8 Å². The number of ether oxygens (including phenoxy) is 2. The number of aliphatic carboxylic acids is 1. The monoisotopic (exact) mass is 442 g/mol. The van der Waals surface area contributed by atoms with Crippen molar-refractivity contribution in [2.75, 3.05) is 26.8 Å². The van der Waals surface area contributed by atoms with Crippen molar-refractivity contribution in [3.8, 4) is 11.5 Å². The Morgan fingerprint density at radius 3 is 2.60 bits per heavy atom. The second-order valence-corrected chi connectivity index (χ2v) is 6.54. The van der Waals surface area contributed by atoms with Gasteiger partial charge in [0.25, 0.3) is 0 Å².